The summed E-state index contributed by atoms with van der Waals surface area (Å²) in [5, 5.41) is 3.59. The van der Waals surface area contributed by atoms with Crippen molar-refractivity contribution in [3.05, 3.63) is 12.2 Å². The summed E-state index contributed by atoms with van der Waals surface area (Å²) in [5.41, 5.74) is 3.06. The van der Waals surface area contributed by atoms with Crippen LogP contribution in [0.2, 0.25) is 0 Å². The molecule has 0 aromatic carbocycles. The van der Waals surface area contributed by atoms with E-state index in [1.165, 1.54) is 44.1 Å². The molecule has 4 aliphatic rings. The Hall–Kier alpha value is -0.300. The molecule has 0 aliphatic heterocycles. The molecule has 1 nitrogen and oxygen atoms in total. The van der Waals surface area contributed by atoms with Crippen LogP contribution in [0.4, 0.5) is 0 Å². The van der Waals surface area contributed by atoms with Crippen molar-refractivity contribution >= 4 is 0 Å². The SMILES string of the molecule is C=C(C)C(NC)C12CC3CC(C)(CC(C)(C3)C1)C2. The van der Waals surface area contributed by atoms with E-state index in [1.54, 1.807) is 0 Å². The Morgan fingerprint density at radius 1 is 1.11 bits per heavy atom. The van der Waals surface area contributed by atoms with Gasteiger partial charge in [0.25, 0.3) is 0 Å². The Labute approximate surface area is 112 Å². The molecule has 0 saturated heterocycles. The Kier molecular flexibility index (Phi) is 2.56. The molecule has 4 rings (SSSR count). The predicted octanol–water partition coefficient (Wildman–Crippen LogP) is 4.15. The molecule has 1 N–H and O–H groups in total. The van der Waals surface area contributed by atoms with Gasteiger partial charge in [0, 0.05) is 6.04 Å². The van der Waals surface area contributed by atoms with Gasteiger partial charge in [-0.1, -0.05) is 26.0 Å². The Morgan fingerprint density at radius 3 is 2.06 bits per heavy atom. The highest BCUT2D eigenvalue weighted by molar-refractivity contribution is 5.19. The lowest BCUT2D eigenvalue weighted by molar-refractivity contribution is -0.152. The molecule has 4 fully saturated rings. The fourth-order valence-corrected chi connectivity index (χ4v) is 6.93. The van der Waals surface area contributed by atoms with Gasteiger partial charge in [-0.25, -0.2) is 0 Å². The zero-order valence-corrected chi connectivity index (χ0v) is 12.6. The number of rotatable bonds is 3. The predicted molar refractivity (Wildman–Crippen MR) is 77.5 cm³/mol. The quantitative estimate of drug-likeness (QED) is 0.739. The molecule has 3 unspecified atom stereocenters. The van der Waals surface area contributed by atoms with E-state index in [-0.39, 0.29) is 0 Å². The molecule has 102 valence electrons. The third-order valence-corrected chi connectivity index (χ3v) is 6.06. The van der Waals surface area contributed by atoms with Gasteiger partial charge < -0.3 is 5.32 Å². The number of hydrogen-bond donors (Lipinski definition) is 1. The number of nitrogens with one attached hydrogen (secondary N) is 1. The molecule has 3 atom stereocenters. The third-order valence-electron chi connectivity index (χ3n) is 6.06. The van der Waals surface area contributed by atoms with Crippen LogP contribution in [-0.4, -0.2) is 13.1 Å². The second kappa shape index (κ2) is 3.62. The molecule has 0 radical (unpaired) electrons. The van der Waals surface area contributed by atoms with Crippen molar-refractivity contribution in [3.63, 3.8) is 0 Å². The lowest BCUT2D eigenvalue weighted by Gasteiger charge is -2.67. The van der Waals surface area contributed by atoms with Crippen LogP contribution in [0.15, 0.2) is 12.2 Å². The molecule has 4 bridgehead atoms. The third kappa shape index (κ3) is 1.70. The van der Waals surface area contributed by atoms with Gasteiger partial charge in [-0.15, -0.1) is 0 Å². The molecule has 1 heteroatoms. The van der Waals surface area contributed by atoms with Crippen molar-refractivity contribution in [1.29, 1.82) is 0 Å². The normalized spacial score (nSPS) is 51.4. The summed E-state index contributed by atoms with van der Waals surface area (Å²) in [6.45, 7) is 11.6. The highest BCUT2D eigenvalue weighted by atomic mass is 14.9. The molecular formula is C17H29N. The van der Waals surface area contributed by atoms with E-state index in [4.69, 9.17) is 0 Å². The zero-order valence-electron chi connectivity index (χ0n) is 12.6. The van der Waals surface area contributed by atoms with Gasteiger partial charge >= 0.3 is 0 Å². The summed E-state index contributed by atoms with van der Waals surface area (Å²) < 4.78 is 0. The zero-order chi connectivity index (χ0) is 13.2. The minimum atomic E-state index is 0.503. The van der Waals surface area contributed by atoms with Gasteiger partial charge in [0.15, 0.2) is 0 Å². The summed E-state index contributed by atoms with van der Waals surface area (Å²) in [5.74, 6) is 0.978. The Bertz CT molecular complexity index is 365. The minimum absolute atomic E-state index is 0.503. The number of hydrogen-bond acceptors (Lipinski definition) is 1. The maximum absolute atomic E-state index is 4.27. The van der Waals surface area contributed by atoms with Crippen LogP contribution < -0.4 is 5.32 Å². The van der Waals surface area contributed by atoms with E-state index in [1.807, 2.05) is 0 Å². The first-order chi connectivity index (χ1) is 8.30. The molecule has 0 spiro atoms. The summed E-state index contributed by atoms with van der Waals surface area (Å²) in [4.78, 5) is 0. The molecule has 0 aromatic rings. The van der Waals surface area contributed by atoms with E-state index < -0.39 is 0 Å². The summed E-state index contributed by atoms with van der Waals surface area (Å²) >= 11 is 0. The van der Waals surface area contributed by atoms with Crippen LogP contribution >= 0.6 is 0 Å². The van der Waals surface area contributed by atoms with Crippen molar-refractivity contribution in [2.24, 2.45) is 22.2 Å². The van der Waals surface area contributed by atoms with E-state index in [0.29, 0.717) is 22.3 Å². The standard InChI is InChI=1S/C17H29N/c1-12(2)14(18-5)17-8-13-6-15(3,10-17)9-16(4,7-13)11-17/h13-14,18H,1,6-11H2,2-5H3. The smallest absolute Gasteiger partial charge is 0.0328 e. The molecule has 0 amide bonds. The molecule has 0 aromatic heterocycles. The Morgan fingerprint density at radius 2 is 1.67 bits per heavy atom. The monoisotopic (exact) mass is 247 g/mol. The molecular weight excluding hydrogens is 218 g/mol. The van der Waals surface area contributed by atoms with E-state index >= 15 is 0 Å². The van der Waals surface area contributed by atoms with Crippen molar-refractivity contribution < 1.29 is 0 Å². The van der Waals surface area contributed by atoms with Crippen molar-refractivity contribution in [1.82, 2.24) is 5.32 Å². The van der Waals surface area contributed by atoms with Gasteiger partial charge in [-0.3, -0.25) is 0 Å². The average Bonchev–Trinajstić information content (AvgIpc) is 2.10. The largest absolute Gasteiger partial charge is 0.313 e. The number of likely N-dealkylation sites (N-methyl/N-ethyl adjacent to an activating group) is 1. The van der Waals surface area contributed by atoms with Crippen LogP contribution in [0.1, 0.15) is 59.3 Å². The van der Waals surface area contributed by atoms with Crippen molar-refractivity contribution in [2.75, 3.05) is 7.05 Å². The second-order valence-electron chi connectivity index (χ2n) is 8.56. The van der Waals surface area contributed by atoms with Gasteiger partial charge in [0.05, 0.1) is 0 Å². The second-order valence-corrected chi connectivity index (χ2v) is 8.56. The van der Waals surface area contributed by atoms with Crippen LogP contribution in [0.5, 0.6) is 0 Å². The van der Waals surface area contributed by atoms with Gasteiger partial charge in [0.2, 0.25) is 0 Å². The van der Waals surface area contributed by atoms with Crippen LogP contribution in [0, 0.1) is 22.2 Å². The van der Waals surface area contributed by atoms with Crippen LogP contribution in [0.3, 0.4) is 0 Å². The molecule has 0 heterocycles. The summed E-state index contributed by atoms with van der Waals surface area (Å²) in [6.07, 6.45) is 8.71. The minimum Gasteiger partial charge on any atom is -0.313 e. The average molecular weight is 247 g/mol. The van der Waals surface area contributed by atoms with E-state index in [2.05, 4.69) is 39.7 Å². The first-order valence-corrected chi connectivity index (χ1v) is 7.63. The topological polar surface area (TPSA) is 12.0 Å². The highest BCUT2D eigenvalue weighted by Crippen LogP contribution is 2.70. The van der Waals surface area contributed by atoms with Crippen molar-refractivity contribution in [2.45, 2.75) is 65.3 Å². The van der Waals surface area contributed by atoms with E-state index in [0.717, 1.165) is 5.92 Å². The van der Waals surface area contributed by atoms with Gasteiger partial charge in [-0.2, -0.15) is 0 Å². The maximum Gasteiger partial charge on any atom is 0.0328 e. The first kappa shape index (κ1) is 12.7. The molecule has 4 aliphatic carbocycles. The van der Waals surface area contributed by atoms with Crippen LogP contribution in [-0.2, 0) is 0 Å². The fraction of sp³-hybridized carbons (Fsp3) is 0.882. The van der Waals surface area contributed by atoms with Gasteiger partial charge in [0.1, 0.15) is 0 Å². The van der Waals surface area contributed by atoms with Gasteiger partial charge in [-0.05, 0) is 74.7 Å². The maximum atomic E-state index is 4.27. The lowest BCUT2D eigenvalue weighted by Crippen LogP contribution is -2.61. The summed E-state index contributed by atoms with van der Waals surface area (Å²) in [6, 6.07) is 0.527. The fourth-order valence-electron chi connectivity index (χ4n) is 6.93. The van der Waals surface area contributed by atoms with Crippen LogP contribution in [0.25, 0.3) is 0 Å². The first-order valence-electron chi connectivity index (χ1n) is 7.63. The van der Waals surface area contributed by atoms with Crippen molar-refractivity contribution in [3.8, 4) is 0 Å². The molecule has 4 saturated carbocycles. The Balaban J connectivity index is 2.00. The lowest BCUT2D eigenvalue weighted by atomic mass is 9.39. The highest BCUT2D eigenvalue weighted by Gasteiger charge is 2.61. The van der Waals surface area contributed by atoms with E-state index in [9.17, 15) is 0 Å². The molecule has 18 heavy (non-hydrogen) atoms. The summed E-state index contributed by atoms with van der Waals surface area (Å²) in [7, 11) is 2.13.